The quantitative estimate of drug-likeness (QED) is 0.681. The standard InChI is InChI=1S/C23H31N3O4/c1-14(2)10-23(5,24)13-29-17-6-7-18-16(8-17)12-28-20-11-25-21(9-19(18)20)26-22(27)30-15(3)4/h6-9,11,14-15H,10,12-13,24H2,1-5H3,(H,25,26,27). The van der Waals surface area contributed by atoms with Crippen molar-refractivity contribution in [2.45, 2.75) is 59.3 Å². The van der Waals surface area contributed by atoms with Gasteiger partial charge in [0.1, 0.15) is 30.5 Å². The molecule has 0 spiro atoms. The van der Waals surface area contributed by atoms with Gasteiger partial charge in [-0.15, -0.1) is 0 Å². The number of benzene rings is 1. The van der Waals surface area contributed by atoms with Gasteiger partial charge in [-0.05, 0) is 56.9 Å². The number of hydrogen-bond acceptors (Lipinski definition) is 6. The van der Waals surface area contributed by atoms with Crippen molar-refractivity contribution in [3.05, 3.63) is 36.0 Å². The molecule has 2 aromatic rings. The first-order chi connectivity index (χ1) is 14.1. The molecule has 0 aliphatic carbocycles. The van der Waals surface area contributed by atoms with E-state index in [4.69, 9.17) is 19.9 Å². The summed E-state index contributed by atoms with van der Waals surface area (Å²) in [5.74, 6) is 2.34. The molecule has 0 radical (unpaired) electrons. The molecule has 0 bridgehead atoms. The molecule has 3 N–H and O–H groups in total. The molecule has 0 saturated heterocycles. The van der Waals surface area contributed by atoms with E-state index in [0.717, 1.165) is 28.9 Å². The van der Waals surface area contributed by atoms with E-state index in [0.29, 0.717) is 30.7 Å². The third kappa shape index (κ3) is 5.63. The number of aromatic nitrogens is 1. The molecule has 1 aliphatic heterocycles. The lowest BCUT2D eigenvalue weighted by molar-refractivity contribution is 0.130. The molecule has 162 valence electrons. The average molecular weight is 414 g/mol. The van der Waals surface area contributed by atoms with Crippen molar-refractivity contribution in [1.29, 1.82) is 0 Å². The van der Waals surface area contributed by atoms with Crippen LogP contribution in [0.3, 0.4) is 0 Å². The van der Waals surface area contributed by atoms with Gasteiger partial charge in [0.15, 0.2) is 0 Å². The fourth-order valence-electron chi connectivity index (χ4n) is 3.62. The van der Waals surface area contributed by atoms with Crippen LogP contribution in [0.2, 0.25) is 0 Å². The third-order valence-corrected chi connectivity index (χ3v) is 4.63. The minimum Gasteiger partial charge on any atom is -0.492 e. The molecule has 1 aliphatic rings. The monoisotopic (exact) mass is 413 g/mol. The Hall–Kier alpha value is -2.80. The maximum atomic E-state index is 11.9. The van der Waals surface area contributed by atoms with Gasteiger partial charge >= 0.3 is 6.09 Å². The molecule has 1 unspecified atom stereocenters. The Bertz CT molecular complexity index is 909. The van der Waals surface area contributed by atoms with E-state index in [1.807, 2.05) is 25.1 Å². The van der Waals surface area contributed by atoms with Gasteiger partial charge in [-0.3, -0.25) is 5.32 Å². The van der Waals surface area contributed by atoms with Gasteiger partial charge in [0.25, 0.3) is 0 Å². The lowest BCUT2D eigenvalue weighted by Crippen LogP contribution is -2.43. The lowest BCUT2D eigenvalue weighted by atomic mass is 9.93. The number of pyridine rings is 1. The van der Waals surface area contributed by atoms with Crippen LogP contribution >= 0.6 is 0 Å². The highest BCUT2D eigenvalue weighted by atomic mass is 16.6. The first-order valence-corrected chi connectivity index (χ1v) is 10.3. The first-order valence-electron chi connectivity index (χ1n) is 10.3. The fraction of sp³-hybridized carbons (Fsp3) is 0.478. The molecule has 1 amide bonds. The molecule has 0 saturated carbocycles. The number of carbonyl (C=O) groups excluding carboxylic acids is 1. The Kier molecular flexibility index (Phi) is 6.51. The minimum absolute atomic E-state index is 0.207. The number of anilines is 1. The number of ether oxygens (including phenoxy) is 3. The molecular weight excluding hydrogens is 382 g/mol. The van der Waals surface area contributed by atoms with Crippen LogP contribution in [-0.4, -0.2) is 29.3 Å². The Morgan fingerprint density at radius 2 is 2.03 bits per heavy atom. The highest BCUT2D eigenvalue weighted by Gasteiger charge is 2.23. The van der Waals surface area contributed by atoms with Gasteiger partial charge in [-0.2, -0.15) is 0 Å². The summed E-state index contributed by atoms with van der Waals surface area (Å²) in [4.78, 5) is 16.1. The second kappa shape index (κ2) is 8.92. The molecule has 7 nitrogen and oxygen atoms in total. The number of rotatable bonds is 7. The SMILES string of the molecule is CC(C)CC(C)(N)COc1ccc2c(c1)COc1cnc(NC(=O)OC(C)C)cc1-2. The van der Waals surface area contributed by atoms with Crippen LogP contribution in [0.1, 0.15) is 46.6 Å². The summed E-state index contributed by atoms with van der Waals surface area (Å²) in [6, 6.07) is 7.69. The van der Waals surface area contributed by atoms with E-state index >= 15 is 0 Å². The zero-order chi connectivity index (χ0) is 21.9. The highest BCUT2D eigenvalue weighted by Crippen LogP contribution is 2.39. The average Bonchev–Trinajstić information content (AvgIpc) is 2.64. The van der Waals surface area contributed by atoms with Gasteiger partial charge in [0, 0.05) is 16.7 Å². The van der Waals surface area contributed by atoms with Crippen molar-refractivity contribution in [3.63, 3.8) is 0 Å². The zero-order valence-electron chi connectivity index (χ0n) is 18.3. The largest absolute Gasteiger partial charge is 0.492 e. The van der Waals surface area contributed by atoms with E-state index in [2.05, 4.69) is 24.1 Å². The van der Waals surface area contributed by atoms with Crippen LogP contribution in [0, 0.1) is 5.92 Å². The Balaban J connectivity index is 1.76. The van der Waals surface area contributed by atoms with Gasteiger partial charge in [-0.25, -0.2) is 9.78 Å². The summed E-state index contributed by atoms with van der Waals surface area (Å²) in [5.41, 5.74) is 8.85. The molecule has 30 heavy (non-hydrogen) atoms. The van der Waals surface area contributed by atoms with E-state index in [9.17, 15) is 4.79 Å². The number of amides is 1. The lowest BCUT2D eigenvalue weighted by Gasteiger charge is -2.27. The molecule has 7 heteroatoms. The van der Waals surface area contributed by atoms with Crippen LogP contribution < -0.4 is 20.5 Å². The zero-order valence-corrected chi connectivity index (χ0v) is 18.3. The Morgan fingerprint density at radius 3 is 2.73 bits per heavy atom. The third-order valence-electron chi connectivity index (χ3n) is 4.63. The van der Waals surface area contributed by atoms with Crippen molar-refractivity contribution < 1.29 is 19.0 Å². The van der Waals surface area contributed by atoms with E-state index in [1.165, 1.54) is 0 Å². The molecule has 3 rings (SSSR count). The number of nitrogens with one attached hydrogen (secondary N) is 1. The maximum absolute atomic E-state index is 11.9. The summed E-state index contributed by atoms with van der Waals surface area (Å²) < 4.78 is 16.9. The van der Waals surface area contributed by atoms with Crippen LogP contribution in [-0.2, 0) is 11.3 Å². The van der Waals surface area contributed by atoms with Crippen LogP contribution in [0.5, 0.6) is 11.5 Å². The Labute approximate surface area is 177 Å². The number of fused-ring (bicyclic) bond motifs is 3. The molecule has 0 fully saturated rings. The second-order valence-electron chi connectivity index (χ2n) is 8.79. The van der Waals surface area contributed by atoms with Gasteiger partial charge in [0.2, 0.25) is 0 Å². The summed E-state index contributed by atoms with van der Waals surface area (Å²) >= 11 is 0. The summed E-state index contributed by atoms with van der Waals surface area (Å²) in [5, 5.41) is 2.65. The number of nitrogens with two attached hydrogens (primary N) is 1. The van der Waals surface area contributed by atoms with Gasteiger partial charge in [-0.1, -0.05) is 19.9 Å². The minimum atomic E-state index is -0.538. The van der Waals surface area contributed by atoms with E-state index in [-0.39, 0.29) is 11.6 Å². The van der Waals surface area contributed by atoms with Crippen LogP contribution in [0.15, 0.2) is 30.5 Å². The molecule has 2 heterocycles. The van der Waals surface area contributed by atoms with E-state index in [1.54, 1.807) is 26.1 Å². The maximum Gasteiger partial charge on any atom is 0.413 e. The van der Waals surface area contributed by atoms with Crippen LogP contribution in [0.25, 0.3) is 11.1 Å². The summed E-state index contributed by atoms with van der Waals surface area (Å²) in [7, 11) is 0. The van der Waals surface area contributed by atoms with Gasteiger partial charge in [0.05, 0.1) is 12.3 Å². The number of carbonyl (C=O) groups is 1. The van der Waals surface area contributed by atoms with Gasteiger partial charge < -0.3 is 19.9 Å². The van der Waals surface area contributed by atoms with Crippen LogP contribution in [0.4, 0.5) is 10.6 Å². The summed E-state index contributed by atoms with van der Waals surface area (Å²) in [6.07, 6.45) is 1.75. The molecule has 1 aromatic carbocycles. The second-order valence-corrected chi connectivity index (χ2v) is 8.79. The highest BCUT2D eigenvalue weighted by molar-refractivity contribution is 5.86. The van der Waals surface area contributed by atoms with Crippen molar-refractivity contribution in [2.75, 3.05) is 11.9 Å². The van der Waals surface area contributed by atoms with Crippen molar-refractivity contribution in [2.24, 2.45) is 11.7 Å². The summed E-state index contributed by atoms with van der Waals surface area (Å²) in [6.45, 7) is 10.8. The Morgan fingerprint density at radius 1 is 1.27 bits per heavy atom. The predicted octanol–water partition coefficient (Wildman–Crippen LogP) is 4.74. The van der Waals surface area contributed by atoms with Crippen molar-refractivity contribution in [1.82, 2.24) is 4.98 Å². The first kappa shape index (κ1) is 21.9. The van der Waals surface area contributed by atoms with Crippen molar-refractivity contribution >= 4 is 11.9 Å². The molecule has 1 aromatic heterocycles. The fourth-order valence-corrected chi connectivity index (χ4v) is 3.62. The molecule has 1 atom stereocenters. The molecular formula is C23H31N3O4. The smallest absolute Gasteiger partial charge is 0.413 e. The number of hydrogen-bond donors (Lipinski definition) is 2. The topological polar surface area (TPSA) is 95.7 Å². The van der Waals surface area contributed by atoms with E-state index < -0.39 is 6.09 Å². The normalized spacial score (nSPS) is 14.4. The predicted molar refractivity (Wildman–Crippen MR) is 117 cm³/mol. The number of nitrogens with zero attached hydrogens (tertiary/aromatic N) is 1. The van der Waals surface area contributed by atoms with Crippen molar-refractivity contribution in [3.8, 4) is 22.6 Å².